The van der Waals surface area contributed by atoms with E-state index in [0.717, 1.165) is 35.9 Å². The van der Waals surface area contributed by atoms with Gasteiger partial charge >= 0.3 is 0 Å². The number of nitrogens with zero attached hydrogens (tertiary/aromatic N) is 3. The zero-order valence-corrected chi connectivity index (χ0v) is 12.4. The molecule has 0 aliphatic carbocycles. The van der Waals surface area contributed by atoms with Gasteiger partial charge in [-0.15, -0.1) is 0 Å². The number of rotatable bonds is 5. The Hall–Kier alpha value is -1.62. The van der Waals surface area contributed by atoms with E-state index in [0.29, 0.717) is 5.92 Å². The van der Waals surface area contributed by atoms with Crippen molar-refractivity contribution >= 4 is 0 Å². The normalized spacial score (nSPS) is 11.7. The van der Waals surface area contributed by atoms with E-state index in [1.54, 1.807) is 0 Å². The van der Waals surface area contributed by atoms with Gasteiger partial charge in [0, 0.05) is 30.0 Å². The summed E-state index contributed by atoms with van der Waals surface area (Å²) in [6.45, 7) is 10.2. The fraction of sp³-hybridized carbons (Fsp3) is 0.571. The molecular weight excluding hydrogens is 238 g/mol. The minimum Gasteiger partial charge on any atom is -0.296 e. The van der Waals surface area contributed by atoms with Crippen molar-refractivity contribution in [1.29, 1.82) is 0 Å². The maximum Gasteiger partial charge on any atom is 0.0650 e. The smallest absolute Gasteiger partial charge is 0.0650 e. The highest BCUT2D eigenvalue weighted by molar-refractivity contribution is 5.23. The third-order valence-electron chi connectivity index (χ3n) is 3.39. The number of H-pyrrole nitrogens is 2. The Labute approximate surface area is 114 Å². The van der Waals surface area contributed by atoms with Crippen LogP contribution in [0.5, 0.6) is 0 Å². The molecule has 2 aromatic rings. The molecule has 0 fully saturated rings. The van der Waals surface area contributed by atoms with Crippen molar-refractivity contribution in [2.75, 3.05) is 7.05 Å². The van der Waals surface area contributed by atoms with E-state index in [2.05, 4.69) is 59.2 Å². The number of aryl methyl sites for hydroxylation is 2. The van der Waals surface area contributed by atoms with E-state index in [4.69, 9.17) is 0 Å². The third kappa shape index (κ3) is 3.23. The monoisotopic (exact) mass is 261 g/mol. The Morgan fingerprint density at radius 2 is 1.89 bits per heavy atom. The van der Waals surface area contributed by atoms with Gasteiger partial charge in [0.05, 0.1) is 11.4 Å². The van der Waals surface area contributed by atoms with Gasteiger partial charge < -0.3 is 0 Å². The molecule has 5 nitrogen and oxygen atoms in total. The van der Waals surface area contributed by atoms with Crippen LogP contribution >= 0.6 is 0 Å². The number of aromatic amines is 2. The highest BCUT2D eigenvalue weighted by Crippen LogP contribution is 2.15. The molecule has 0 aromatic carbocycles. The molecule has 2 N–H and O–H groups in total. The molecule has 104 valence electrons. The first kappa shape index (κ1) is 13.8. The first-order valence-electron chi connectivity index (χ1n) is 6.70. The van der Waals surface area contributed by atoms with Crippen molar-refractivity contribution in [3.63, 3.8) is 0 Å². The summed E-state index contributed by atoms with van der Waals surface area (Å²) in [5.41, 5.74) is 5.80. The van der Waals surface area contributed by atoms with Crippen molar-refractivity contribution in [2.45, 2.75) is 46.7 Å². The van der Waals surface area contributed by atoms with Crippen molar-refractivity contribution in [3.05, 3.63) is 34.4 Å². The molecule has 0 atom stereocenters. The van der Waals surface area contributed by atoms with E-state index >= 15 is 0 Å². The van der Waals surface area contributed by atoms with Gasteiger partial charge in [0.2, 0.25) is 0 Å². The summed E-state index contributed by atoms with van der Waals surface area (Å²) in [6.07, 6.45) is 0. The Kier molecular flexibility index (Phi) is 4.04. The van der Waals surface area contributed by atoms with E-state index in [1.807, 2.05) is 6.92 Å². The number of nitrogens with one attached hydrogen (secondary N) is 2. The fourth-order valence-electron chi connectivity index (χ4n) is 2.18. The zero-order valence-electron chi connectivity index (χ0n) is 12.4. The molecule has 2 rings (SSSR count). The Morgan fingerprint density at radius 1 is 1.16 bits per heavy atom. The molecule has 2 heterocycles. The van der Waals surface area contributed by atoms with Crippen molar-refractivity contribution in [3.8, 4) is 0 Å². The molecule has 0 saturated carbocycles. The van der Waals surface area contributed by atoms with Crippen LogP contribution in [0.15, 0.2) is 6.07 Å². The lowest BCUT2D eigenvalue weighted by atomic mass is 10.1. The summed E-state index contributed by atoms with van der Waals surface area (Å²) in [7, 11) is 2.11. The molecule has 0 aliphatic heterocycles. The van der Waals surface area contributed by atoms with Crippen LogP contribution in [0.1, 0.15) is 48.1 Å². The quantitative estimate of drug-likeness (QED) is 0.869. The predicted molar refractivity (Wildman–Crippen MR) is 75.9 cm³/mol. The Morgan fingerprint density at radius 3 is 2.42 bits per heavy atom. The van der Waals surface area contributed by atoms with E-state index in [9.17, 15) is 0 Å². The van der Waals surface area contributed by atoms with Crippen LogP contribution in [-0.4, -0.2) is 32.3 Å². The minimum atomic E-state index is 0.466. The molecule has 0 amide bonds. The first-order valence-corrected chi connectivity index (χ1v) is 6.70. The fourth-order valence-corrected chi connectivity index (χ4v) is 2.18. The molecule has 2 aromatic heterocycles. The third-order valence-corrected chi connectivity index (χ3v) is 3.39. The minimum absolute atomic E-state index is 0.466. The SMILES string of the molecule is Cc1n[nH]c(C)c1CN(C)Cc1cc(C(C)C)n[nH]1. The van der Waals surface area contributed by atoms with Gasteiger partial charge in [-0.3, -0.25) is 15.1 Å². The molecule has 0 aliphatic rings. The summed E-state index contributed by atoms with van der Waals surface area (Å²) in [5.74, 6) is 0.466. The molecule has 0 spiro atoms. The summed E-state index contributed by atoms with van der Waals surface area (Å²) < 4.78 is 0. The summed E-state index contributed by atoms with van der Waals surface area (Å²) in [4.78, 5) is 2.27. The lowest BCUT2D eigenvalue weighted by Crippen LogP contribution is -2.18. The molecule has 0 radical (unpaired) electrons. The second-order valence-electron chi connectivity index (χ2n) is 5.56. The van der Waals surface area contributed by atoms with Gasteiger partial charge in [0.25, 0.3) is 0 Å². The van der Waals surface area contributed by atoms with Crippen LogP contribution in [0.3, 0.4) is 0 Å². The highest BCUT2D eigenvalue weighted by Gasteiger charge is 2.11. The standard InChI is InChI=1S/C14H23N5/c1-9(2)14-6-12(17-18-14)7-19(5)8-13-10(3)15-16-11(13)4/h6,9H,7-8H2,1-5H3,(H,15,16)(H,17,18). The maximum absolute atomic E-state index is 4.33. The molecular formula is C14H23N5. The second-order valence-corrected chi connectivity index (χ2v) is 5.56. The average molecular weight is 261 g/mol. The Bertz CT molecular complexity index is 518. The second kappa shape index (κ2) is 5.57. The molecule has 0 bridgehead atoms. The summed E-state index contributed by atoms with van der Waals surface area (Å²) in [5, 5.41) is 14.7. The lowest BCUT2D eigenvalue weighted by Gasteiger charge is -2.15. The molecule has 0 saturated heterocycles. The van der Waals surface area contributed by atoms with Gasteiger partial charge in [0.1, 0.15) is 0 Å². The van der Waals surface area contributed by atoms with Crippen molar-refractivity contribution < 1.29 is 0 Å². The summed E-state index contributed by atoms with van der Waals surface area (Å²) in [6, 6.07) is 2.15. The number of aromatic nitrogens is 4. The predicted octanol–water partition coefficient (Wildman–Crippen LogP) is 2.51. The van der Waals surface area contributed by atoms with Gasteiger partial charge in [0.15, 0.2) is 0 Å². The van der Waals surface area contributed by atoms with E-state index < -0.39 is 0 Å². The highest BCUT2D eigenvalue weighted by atomic mass is 15.2. The van der Waals surface area contributed by atoms with Crippen molar-refractivity contribution in [1.82, 2.24) is 25.3 Å². The largest absolute Gasteiger partial charge is 0.296 e. The number of hydrogen-bond donors (Lipinski definition) is 2. The van der Waals surface area contributed by atoms with Crippen LogP contribution in [0.25, 0.3) is 0 Å². The average Bonchev–Trinajstić information content (AvgIpc) is 2.91. The van der Waals surface area contributed by atoms with Gasteiger partial charge in [-0.1, -0.05) is 13.8 Å². The van der Waals surface area contributed by atoms with Gasteiger partial charge in [-0.05, 0) is 32.9 Å². The van der Waals surface area contributed by atoms with Gasteiger partial charge in [-0.25, -0.2) is 0 Å². The Balaban J connectivity index is 1.99. The van der Waals surface area contributed by atoms with Crippen LogP contribution in [0.4, 0.5) is 0 Å². The first-order chi connectivity index (χ1) is 8.97. The maximum atomic E-state index is 4.33. The van der Waals surface area contributed by atoms with Crippen LogP contribution in [0.2, 0.25) is 0 Å². The number of hydrogen-bond acceptors (Lipinski definition) is 3. The lowest BCUT2D eigenvalue weighted by molar-refractivity contribution is 0.313. The van der Waals surface area contributed by atoms with Crippen molar-refractivity contribution in [2.24, 2.45) is 0 Å². The zero-order chi connectivity index (χ0) is 14.0. The topological polar surface area (TPSA) is 60.6 Å². The van der Waals surface area contributed by atoms with Crippen LogP contribution in [0, 0.1) is 13.8 Å². The van der Waals surface area contributed by atoms with Crippen LogP contribution in [-0.2, 0) is 13.1 Å². The van der Waals surface area contributed by atoms with Crippen LogP contribution < -0.4 is 0 Å². The molecule has 0 unspecified atom stereocenters. The summed E-state index contributed by atoms with van der Waals surface area (Å²) >= 11 is 0. The molecule has 5 heteroatoms. The van der Waals surface area contributed by atoms with E-state index in [1.165, 1.54) is 5.56 Å². The van der Waals surface area contributed by atoms with Gasteiger partial charge in [-0.2, -0.15) is 10.2 Å². The molecule has 19 heavy (non-hydrogen) atoms. The van der Waals surface area contributed by atoms with E-state index in [-0.39, 0.29) is 0 Å².